The van der Waals surface area contributed by atoms with Gasteiger partial charge in [-0.3, -0.25) is 4.79 Å². The number of carbonyl (C=O) groups excluding carboxylic acids is 1. The van der Waals surface area contributed by atoms with Crippen LogP contribution >= 0.6 is 11.3 Å². The van der Waals surface area contributed by atoms with E-state index in [-0.39, 0.29) is 12.5 Å². The molecule has 0 saturated carbocycles. The zero-order chi connectivity index (χ0) is 11.4. The minimum Gasteiger partial charge on any atom is -0.381 e. The quantitative estimate of drug-likeness (QED) is 0.797. The lowest BCUT2D eigenvalue weighted by molar-refractivity contribution is -0.122. The molecule has 0 saturated heterocycles. The second-order valence-corrected chi connectivity index (χ2v) is 4.19. The third kappa shape index (κ3) is 2.80. The average molecular weight is 237 g/mol. The molecule has 6 nitrogen and oxygen atoms in total. The molecule has 0 aliphatic heterocycles. The van der Waals surface area contributed by atoms with Crippen molar-refractivity contribution in [3.63, 3.8) is 0 Å². The van der Waals surface area contributed by atoms with Crippen LogP contribution in [0.2, 0.25) is 0 Å². The number of hydrogen-bond acceptors (Lipinski definition) is 5. The maximum atomic E-state index is 11.5. The van der Waals surface area contributed by atoms with Crippen molar-refractivity contribution in [2.24, 2.45) is 0 Å². The summed E-state index contributed by atoms with van der Waals surface area (Å²) >= 11 is 1.60. The van der Waals surface area contributed by atoms with Gasteiger partial charge in [-0.1, -0.05) is 6.07 Å². The molecule has 0 bridgehead atoms. The number of nitrogens with two attached hydrogens (primary N) is 1. The first-order valence-electron chi connectivity index (χ1n) is 4.69. The molecule has 3 N–H and O–H groups in total. The lowest BCUT2D eigenvalue weighted by Crippen LogP contribution is -2.27. The van der Waals surface area contributed by atoms with Gasteiger partial charge >= 0.3 is 0 Å². The normalized spacial score (nSPS) is 10.2. The molecule has 2 aromatic rings. The van der Waals surface area contributed by atoms with Crippen molar-refractivity contribution in [2.45, 2.75) is 13.1 Å². The second-order valence-electron chi connectivity index (χ2n) is 3.16. The van der Waals surface area contributed by atoms with E-state index >= 15 is 0 Å². The molecule has 16 heavy (non-hydrogen) atoms. The summed E-state index contributed by atoms with van der Waals surface area (Å²) in [5.74, 6) is 0.176. The van der Waals surface area contributed by atoms with Crippen molar-refractivity contribution in [3.05, 3.63) is 28.6 Å². The predicted molar refractivity (Wildman–Crippen MR) is 60.6 cm³/mol. The molecule has 2 aromatic heterocycles. The molecule has 2 heterocycles. The minimum absolute atomic E-state index is 0.0859. The van der Waals surface area contributed by atoms with E-state index in [1.807, 2.05) is 17.5 Å². The highest BCUT2D eigenvalue weighted by Crippen LogP contribution is 2.07. The smallest absolute Gasteiger partial charge is 0.243 e. The first-order chi connectivity index (χ1) is 7.74. The highest BCUT2D eigenvalue weighted by atomic mass is 32.1. The van der Waals surface area contributed by atoms with E-state index in [0.717, 1.165) is 4.88 Å². The standard InChI is InChI=1S/C9H11N5OS/c10-8-5-12-14(13-8)6-9(15)11-4-7-2-1-3-16-7/h1-3,5H,4,6H2,(H2,10,13)(H,11,15). The van der Waals surface area contributed by atoms with Gasteiger partial charge in [0.25, 0.3) is 0 Å². The molecular formula is C9H11N5OS. The Kier molecular flexibility index (Phi) is 3.16. The molecule has 0 spiro atoms. The minimum atomic E-state index is -0.135. The molecule has 0 aliphatic carbocycles. The van der Waals surface area contributed by atoms with Gasteiger partial charge in [-0.2, -0.15) is 9.90 Å². The number of amides is 1. The predicted octanol–water partition coefficient (Wildman–Crippen LogP) is 0.238. The van der Waals surface area contributed by atoms with Crippen molar-refractivity contribution in [1.82, 2.24) is 20.3 Å². The summed E-state index contributed by atoms with van der Waals surface area (Å²) in [5, 5.41) is 12.4. The van der Waals surface area contributed by atoms with Crippen LogP contribution in [0.25, 0.3) is 0 Å². The monoisotopic (exact) mass is 237 g/mol. The molecular weight excluding hydrogens is 226 g/mol. The van der Waals surface area contributed by atoms with Gasteiger partial charge < -0.3 is 11.1 Å². The Morgan fingerprint density at radius 2 is 2.50 bits per heavy atom. The Morgan fingerprint density at radius 3 is 3.12 bits per heavy atom. The summed E-state index contributed by atoms with van der Waals surface area (Å²) in [4.78, 5) is 13.8. The Balaban J connectivity index is 1.81. The van der Waals surface area contributed by atoms with Crippen LogP contribution < -0.4 is 11.1 Å². The Labute approximate surface area is 96.1 Å². The fourth-order valence-electron chi connectivity index (χ4n) is 1.17. The van der Waals surface area contributed by atoms with Crippen molar-refractivity contribution in [3.8, 4) is 0 Å². The number of nitrogens with zero attached hydrogens (tertiary/aromatic N) is 3. The molecule has 0 fully saturated rings. The van der Waals surface area contributed by atoms with E-state index < -0.39 is 0 Å². The summed E-state index contributed by atoms with van der Waals surface area (Å²) in [5.41, 5.74) is 5.38. The Hall–Kier alpha value is -1.89. The maximum absolute atomic E-state index is 11.5. The van der Waals surface area contributed by atoms with Gasteiger partial charge in [-0.15, -0.1) is 16.4 Å². The third-order valence-electron chi connectivity index (χ3n) is 1.88. The van der Waals surface area contributed by atoms with E-state index in [0.29, 0.717) is 12.4 Å². The highest BCUT2D eigenvalue weighted by Gasteiger charge is 2.04. The molecule has 2 rings (SSSR count). The van der Waals surface area contributed by atoms with Gasteiger partial charge in [0, 0.05) is 4.88 Å². The summed E-state index contributed by atoms with van der Waals surface area (Å²) in [6.45, 7) is 0.621. The number of hydrogen-bond donors (Lipinski definition) is 2. The SMILES string of the molecule is Nc1cnn(CC(=O)NCc2cccs2)n1. The van der Waals surface area contributed by atoms with Crippen LogP contribution in [0.4, 0.5) is 5.82 Å². The van der Waals surface area contributed by atoms with Crippen LogP contribution in [0.3, 0.4) is 0 Å². The van der Waals surface area contributed by atoms with Crippen LogP contribution in [0.1, 0.15) is 4.88 Å². The highest BCUT2D eigenvalue weighted by molar-refractivity contribution is 7.09. The van der Waals surface area contributed by atoms with Crippen molar-refractivity contribution in [1.29, 1.82) is 0 Å². The molecule has 0 radical (unpaired) electrons. The van der Waals surface area contributed by atoms with Gasteiger partial charge in [-0.25, -0.2) is 0 Å². The van der Waals surface area contributed by atoms with Gasteiger partial charge in [-0.05, 0) is 11.4 Å². The van der Waals surface area contributed by atoms with Gasteiger partial charge in [0.1, 0.15) is 6.54 Å². The summed E-state index contributed by atoms with van der Waals surface area (Å²) in [6, 6.07) is 3.91. The van der Waals surface area contributed by atoms with Crippen molar-refractivity contribution in [2.75, 3.05) is 5.73 Å². The number of rotatable bonds is 4. The maximum Gasteiger partial charge on any atom is 0.243 e. The lowest BCUT2D eigenvalue weighted by Gasteiger charge is -2.02. The molecule has 0 unspecified atom stereocenters. The van der Waals surface area contributed by atoms with Crippen LogP contribution in [-0.2, 0) is 17.9 Å². The Morgan fingerprint density at radius 1 is 1.62 bits per heavy atom. The first-order valence-corrected chi connectivity index (χ1v) is 5.56. The molecule has 0 atom stereocenters. The van der Waals surface area contributed by atoms with Crippen LogP contribution in [0, 0.1) is 0 Å². The largest absolute Gasteiger partial charge is 0.381 e. The zero-order valence-corrected chi connectivity index (χ0v) is 9.28. The van der Waals surface area contributed by atoms with Crippen LogP contribution in [0.5, 0.6) is 0 Å². The molecule has 1 amide bonds. The number of anilines is 1. The van der Waals surface area contributed by atoms with Crippen molar-refractivity contribution >= 4 is 23.1 Å². The zero-order valence-electron chi connectivity index (χ0n) is 8.46. The van der Waals surface area contributed by atoms with E-state index in [1.165, 1.54) is 11.0 Å². The molecule has 7 heteroatoms. The fraction of sp³-hybridized carbons (Fsp3) is 0.222. The fourth-order valence-corrected chi connectivity index (χ4v) is 1.81. The summed E-state index contributed by atoms with van der Waals surface area (Å²) in [7, 11) is 0. The van der Waals surface area contributed by atoms with Crippen LogP contribution in [0.15, 0.2) is 23.7 Å². The number of nitrogens with one attached hydrogen (secondary N) is 1. The van der Waals surface area contributed by atoms with Gasteiger partial charge in [0.2, 0.25) is 5.91 Å². The number of thiophene rings is 1. The molecule has 0 aliphatic rings. The lowest BCUT2D eigenvalue weighted by atomic mass is 10.4. The number of carbonyl (C=O) groups is 1. The first kappa shape index (κ1) is 10.6. The van der Waals surface area contributed by atoms with Gasteiger partial charge in [0.15, 0.2) is 5.82 Å². The third-order valence-corrected chi connectivity index (χ3v) is 2.76. The number of nitrogen functional groups attached to an aromatic ring is 1. The summed E-state index contributed by atoms with van der Waals surface area (Å²) in [6.07, 6.45) is 1.41. The number of aromatic nitrogens is 3. The molecule has 84 valence electrons. The average Bonchev–Trinajstić information content (AvgIpc) is 2.87. The van der Waals surface area contributed by atoms with Crippen molar-refractivity contribution < 1.29 is 4.79 Å². The molecule has 0 aromatic carbocycles. The van der Waals surface area contributed by atoms with Gasteiger partial charge in [0.05, 0.1) is 12.7 Å². The van der Waals surface area contributed by atoms with Crippen LogP contribution in [-0.4, -0.2) is 20.9 Å². The van der Waals surface area contributed by atoms with E-state index in [4.69, 9.17) is 5.73 Å². The Bertz CT molecular complexity index is 464. The van der Waals surface area contributed by atoms with E-state index in [9.17, 15) is 4.79 Å². The van der Waals surface area contributed by atoms with E-state index in [2.05, 4.69) is 15.5 Å². The van der Waals surface area contributed by atoms with E-state index in [1.54, 1.807) is 11.3 Å². The second kappa shape index (κ2) is 4.75. The topological polar surface area (TPSA) is 85.8 Å². The summed E-state index contributed by atoms with van der Waals surface area (Å²) < 4.78 is 0.